The van der Waals surface area contributed by atoms with Crippen LogP contribution in [0.1, 0.15) is 46.5 Å². The van der Waals surface area contributed by atoms with E-state index in [9.17, 15) is 4.79 Å². The number of hydrogen-bond acceptors (Lipinski definition) is 2. The summed E-state index contributed by atoms with van der Waals surface area (Å²) >= 11 is 1.82. The molecule has 0 radical (unpaired) electrons. The van der Waals surface area contributed by atoms with E-state index in [0.717, 1.165) is 17.7 Å². The van der Waals surface area contributed by atoms with E-state index in [1.54, 1.807) is 0 Å². The molecule has 110 valence electrons. The largest absolute Gasteiger partial charge is 0.351 e. The SMILES string of the molecule is Cc1ccccc1C(=O)NCC1(c2cccs2)CCCC1. The van der Waals surface area contributed by atoms with Crippen molar-refractivity contribution in [3.63, 3.8) is 0 Å². The molecule has 0 spiro atoms. The van der Waals surface area contributed by atoms with Crippen LogP contribution in [0.15, 0.2) is 41.8 Å². The molecule has 0 saturated heterocycles. The summed E-state index contributed by atoms with van der Waals surface area (Å²) in [5, 5.41) is 5.32. The van der Waals surface area contributed by atoms with Crippen LogP contribution in [-0.4, -0.2) is 12.5 Å². The maximum atomic E-state index is 12.4. The first kappa shape index (κ1) is 14.3. The highest BCUT2D eigenvalue weighted by atomic mass is 32.1. The van der Waals surface area contributed by atoms with Crippen LogP contribution in [0.4, 0.5) is 0 Å². The Morgan fingerprint density at radius 1 is 1.19 bits per heavy atom. The molecule has 3 rings (SSSR count). The topological polar surface area (TPSA) is 29.1 Å². The molecule has 1 fully saturated rings. The zero-order chi connectivity index (χ0) is 14.7. The summed E-state index contributed by atoms with van der Waals surface area (Å²) in [6, 6.07) is 12.1. The smallest absolute Gasteiger partial charge is 0.251 e. The first-order chi connectivity index (χ1) is 10.2. The molecule has 1 aromatic heterocycles. The van der Waals surface area contributed by atoms with E-state index in [4.69, 9.17) is 0 Å². The Morgan fingerprint density at radius 2 is 1.95 bits per heavy atom. The molecule has 0 aliphatic heterocycles. The Kier molecular flexibility index (Phi) is 4.11. The van der Waals surface area contributed by atoms with Crippen LogP contribution in [0.25, 0.3) is 0 Å². The van der Waals surface area contributed by atoms with Crippen LogP contribution in [0, 0.1) is 6.92 Å². The highest BCUT2D eigenvalue weighted by molar-refractivity contribution is 7.10. The second kappa shape index (κ2) is 6.02. The minimum absolute atomic E-state index is 0.0518. The number of carbonyl (C=O) groups excluding carboxylic acids is 1. The molecule has 1 aliphatic rings. The lowest BCUT2D eigenvalue weighted by Gasteiger charge is -2.28. The van der Waals surface area contributed by atoms with Crippen molar-refractivity contribution in [1.82, 2.24) is 5.32 Å². The minimum Gasteiger partial charge on any atom is -0.351 e. The minimum atomic E-state index is 0.0518. The molecule has 1 saturated carbocycles. The number of amides is 1. The summed E-state index contributed by atoms with van der Waals surface area (Å²) in [4.78, 5) is 13.8. The van der Waals surface area contributed by atoms with Crippen molar-refractivity contribution in [1.29, 1.82) is 0 Å². The van der Waals surface area contributed by atoms with Gasteiger partial charge in [0, 0.05) is 22.4 Å². The number of aryl methyl sites for hydroxylation is 1. The van der Waals surface area contributed by atoms with Gasteiger partial charge >= 0.3 is 0 Å². The standard InChI is InChI=1S/C18H21NOS/c1-14-7-2-3-8-15(14)17(20)19-13-18(10-4-5-11-18)16-9-6-12-21-16/h2-3,6-9,12H,4-5,10-11,13H2,1H3,(H,19,20). The average molecular weight is 299 g/mol. The summed E-state index contributed by atoms with van der Waals surface area (Å²) in [7, 11) is 0. The van der Waals surface area contributed by atoms with E-state index in [2.05, 4.69) is 22.8 Å². The van der Waals surface area contributed by atoms with Gasteiger partial charge in [0.05, 0.1) is 0 Å². The molecule has 0 unspecified atom stereocenters. The van der Waals surface area contributed by atoms with Crippen molar-refractivity contribution in [3.8, 4) is 0 Å². The number of nitrogens with one attached hydrogen (secondary N) is 1. The molecule has 1 aromatic carbocycles. The molecule has 1 N–H and O–H groups in total. The molecule has 21 heavy (non-hydrogen) atoms. The molecule has 2 nitrogen and oxygen atoms in total. The maximum Gasteiger partial charge on any atom is 0.251 e. The van der Waals surface area contributed by atoms with Gasteiger partial charge < -0.3 is 5.32 Å². The third-order valence-corrected chi connectivity index (χ3v) is 5.70. The van der Waals surface area contributed by atoms with E-state index in [1.807, 2.05) is 42.5 Å². The fourth-order valence-corrected chi connectivity index (χ4v) is 4.30. The lowest BCUT2D eigenvalue weighted by Crippen LogP contribution is -2.38. The Balaban J connectivity index is 1.74. The molecular weight excluding hydrogens is 278 g/mol. The lowest BCUT2D eigenvalue weighted by molar-refractivity contribution is 0.0943. The van der Waals surface area contributed by atoms with Gasteiger partial charge in [0.2, 0.25) is 0 Å². The summed E-state index contributed by atoms with van der Waals surface area (Å²) in [6.45, 7) is 2.74. The van der Waals surface area contributed by atoms with E-state index in [-0.39, 0.29) is 11.3 Å². The predicted octanol–water partition coefficient (Wildman–Crippen LogP) is 4.30. The third-order valence-electron chi connectivity index (χ3n) is 4.58. The number of benzene rings is 1. The van der Waals surface area contributed by atoms with E-state index in [0.29, 0.717) is 0 Å². The van der Waals surface area contributed by atoms with Crippen LogP contribution in [-0.2, 0) is 5.41 Å². The Labute approximate surface area is 130 Å². The number of thiophene rings is 1. The highest BCUT2D eigenvalue weighted by Gasteiger charge is 2.36. The van der Waals surface area contributed by atoms with Crippen molar-refractivity contribution in [3.05, 3.63) is 57.8 Å². The monoisotopic (exact) mass is 299 g/mol. The molecule has 3 heteroatoms. The summed E-state index contributed by atoms with van der Waals surface area (Å²) in [6.07, 6.45) is 4.89. The summed E-state index contributed by atoms with van der Waals surface area (Å²) in [5.74, 6) is 0.0518. The van der Waals surface area contributed by atoms with E-state index in [1.165, 1.54) is 30.6 Å². The van der Waals surface area contributed by atoms with Crippen molar-refractivity contribution < 1.29 is 4.79 Å². The van der Waals surface area contributed by atoms with Gasteiger partial charge in [-0.2, -0.15) is 0 Å². The summed E-state index contributed by atoms with van der Waals surface area (Å²) in [5.41, 5.74) is 1.98. The zero-order valence-corrected chi connectivity index (χ0v) is 13.2. The Bertz CT molecular complexity index is 612. The number of rotatable bonds is 4. The van der Waals surface area contributed by atoms with Crippen molar-refractivity contribution >= 4 is 17.2 Å². The molecule has 1 amide bonds. The maximum absolute atomic E-state index is 12.4. The van der Waals surface area contributed by atoms with Crippen LogP contribution >= 0.6 is 11.3 Å². The van der Waals surface area contributed by atoms with Crippen LogP contribution in [0.3, 0.4) is 0 Å². The van der Waals surface area contributed by atoms with Gasteiger partial charge in [0.25, 0.3) is 5.91 Å². The summed E-state index contributed by atoms with van der Waals surface area (Å²) < 4.78 is 0. The Hall–Kier alpha value is -1.61. The van der Waals surface area contributed by atoms with Gasteiger partial charge in [-0.15, -0.1) is 11.3 Å². The van der Waals surface area contributed by atoms with E-state index >= 15 is 0 Å². The van der Waals surface area contributed by atoms with Gasteiger partial charge in [0.15, 0.2) is 0 Å². The van der Waals surface area contributed by atoms with Crippen LogP contribution in [0.5, 0.6) is 0 Å². The van der Waals surface area contributed by atoms with Crippen LogP contribution < -0.4 is 5.32 Å². The highest BCUT2D eigenvalue weighted by Crippen LogP contribution is 2.42. The van der Waals surface area contributed by atoms with Gasteiger partial charge in [-0.05, 0) is 42.8 Å². The normalized spacial score (nSPS) is 16.8. The number of carbonyl (C=O) groups is 1. The van der Waals surface area contributed by atoms with E-state index < -0.39 is 0 Å². The fraction of sp³-hybridized carbons (Fsp3) is 0.389. The quantitative estimate of drug-likeness (QED) is 0.896. The van der Waals surface area contributed by atoms with Crippen molar-refractivity contribution in [2.75, 3.05) is 6.54 Å². The fourth-order valence-electron chi connectivity index (χ4n) is 3.31. The second-order valence-electron chi connectivity index (χ2n) is 5.96. The molecule has 1 heterocycles. The third kappa shape index (κ3) is 2.88. The predicted molar refractivity (Wildman–Crippen MR) is 88.0 cm³/mol. The first-order valence-corrected chi connectivity index (χ1v) is 8.47. The molecule has 1 aliphatic carbocycles. The van der Waals surface area contributed by atoms with Gasteiger partial charge in [-0.1, -0.05) is 37.1 Å². The van der Waals surface area contributed by atoms with Crippen LogP contribution in [0.2, 0.25) is 0 Å². The number of hydrogen-bond donors (Lipinski definition) is 1. The Morgan fingerprint density at radius 3 is 2.62 bits per heavy atom. The zero-order valence-electron chi connectivity index (χ0n) is 12.4. The van der Waals surface area contributed by atoms with Crippen molar-refractivity contribution in [2.45, 2.75) is 38.0 Å². The van der Waals surface area contributed by atoms with Gasteiger partial charge in [-0.3, -0.25) is 4.79 Å². The molecule has 0 bridgehead atoms. The molecule has 0 atom stereocenters. The van der Waals surface area contributed by atoms with Gasteiger partial charge in [-0.25, -0.2) is 0 Å². The van der Waals surface area contributed by atoms with Crippen molar-refractivity contribution in [2.24, 2.45) is 0 Å². The molecule has 2 aromatic rings. The first-order valence-electron chi connectivity index (χ1n) is 7.59. The molecular formula is C18H21NOS. The average Bonchev–Trinajstić information content (AvgIpc) is 3.17. The lowest BCUT2D eigenvalue weighted by atomic mass is 9.84. The van der Waals surface area contributed by atoms with Gasteiger partial charge in [0.1, 0.15) is 0 Å². The second-order valence-corrected chi connectivity index (χ2v) is 6.91.